The zero-order chi connectivity index (χ0) is 17.7. The van der Waals surface area contributed by atoms with Gasteiger partial charge in [0.05, 0.1) is 18.7 Å². The third kappa shape index (κ3) is 10.9. The maximum Gasteiger partial charge on any atom is 0.224 e. The number of nitrogens with one attached hydrogen (secondary N) is 1. The number of hydrogen-bond donors (Lipinski definition) is 1. The van der Waals surface area contributed by atoms with Crippen molar-refractivity contribution in [3.63, 3.8) is 0 Å². The zero-order valence-corrected chi connectivity index (χ0v) is 15.4. The number of carbonyl (C=O) groups excluding carboxylic acids is 2. The Hall–Kier alpha value is -1.32. The minimum atomic E-state index is -0.171. The van der Waals surface area contributed by atoms with Gasteiger partial charge in [-0.3, -0.25) is 4.79 Å². The highest BCUT2D eigenvalue weighted by molar-refractivity contribution is 5.78. The summed E-state index contributed by atoms with van der Waals surface area (Å²) < 4.78 is 6.02. The summed E-state index contributed by atoms with van der Waals surface area (Å²) in [5.41, 5.74) is 0. The highest BCUT2D eigenvalue weighted by Gasteiger charge is 2.23. The van der Waals surface area contributed by atoms with Crippen LogP contribution in [0.15, 0.2) is 12.3 Å². The van der Waals surface area contributed by atoms with E-state index in [1.807, 2.05) is 0 Å². The number of carbonyl (C=O) groups is 2. The second kappa shape index (κ2) is 13.1. The van der Waals surface area contributed by atoms with Crippen molar-refractivity contribution in [3.8, 4) is 0 Å². The van der Waals surface area contributed by atoms with Crippen LogP contribution >= 0.6 is 0 Å². The highest BCUT2D eigenvalue weighted by Crippen LogP contribution is 2.23. The lowest BCUT2D eigenvalue weighted by atomic mass is 9.94. The molecule has 0 heterocycles. The Morgan fingerprint density at radius 3 is 2.48 bits per heavy atom. The van der Waals surface area contributed by atoms with Crippen LogP contribution in [0.3, 0.4) is 0 Å². The van der Waals surface area contributed by atoms with Gasteiger partial charge in [0.15, 0.2) is 0 Å². The second-order valence-electron chi connectivity index (χ2n) is 6.56. The molecule has 0 bridgehead atoms. The predicted molar refractivity (Wildman–Crippen MR) is 95.1 cm³/mol. The molecule has 4 heteroatoms. The van der Waals surface area contributed by atoms with Crippen molar-refractivity contribution in [3.05, 3.63) is 12.3 Å². The maximum absolute atomic E-state index is 11.9. The van der Waals surface area contributed by atoms with Gasteiger partial charge in [-0.15, -0.1) is 0 Å². The van der Waals surface area contributed by atoms with Gasteiger partial charge in [0.1, 0.15) is 12.4 Å². The third-order valence-corrected chi connectivity index (χ3v) is 4.26. The first-order valence-electron chi connectivity index (χ1n) is 8.99. The summed E-state index contributed by atoms with van der Waals surface area (Å²) in [4.78, 5) is 22.3. The van der Waals surface area contributed by atoms with Crippen LogP contribution in [-0.4, -0.2) is 24.8 Å². The van der Waals surface area contributed by atoms with Gasteiger partial charge < -0.3 is 14.8 Å². The summed E-state index contributed by atoms with van der Waals surface area (Å²) in [7, 11) is 0. The molecule has 0 rings (SSSR count). The van der Waals surface area contributed by atoms with Crippen LogP contribution in [0, 0.1) is 11.8 Å². The SMILES string of the molecule is C=C(CC(C)CC)OC(CC(=O)NCC=O)C(C)CCCCC. The molecule has 0 aliphatic carbocycles. The summed E-state index contributed by atoms with van der Waals surface area (Å²) in [6.45, 7) is 12.7. The van der Waals surface area contributed by atoms with Gasteiger partial charge in [0.25, 0.3) is 0 Å². The van der Waals surface area contributed by atoms with E-state index in [0.717, 1.165) is 31.4 Å². The van der Waals surface area contributed by atoms with E-state index < -0.39 is 0 Å². The Labute approximate surface area is 142 Å². The monoisotopic (exact) mass is 325 g/mol. The number of unbranched alkanes of at least 4 members (excludes halogenated alkanes) is 2. The summed E-state index contributed by atoms with van der Waals surface area (Å²) in [5, 5.41) is 2.59. The van der Waals surface area contributed by atoms with Gasteiger partial charge in [-0.05, 0) is 18.3 Å². The molecule has 4 nitrogen and oxygen atoms in total. The number of rotatable bonds is 14. The lowest BCUT2D eigenvalue weighted by molar-refractivity contribution is -0.125. The maximum atomic E-state index is 11.9. The van der Waals surface area contributed by atoms with Crippen LogP contribution in [-0.2, 0) is 14.3 Å². The van der Waals surface area contributed by atoms with Crippen LogP contribution in [0.5, 0.6) is 0 Å². The van der Waals surface area contributed by atoms with Gasteiger partial charge in [-0.1, -0.05) is 60.0 Å². The van der Waals surface area contributed by atoms with E-state index in [9.17, 15) is 9.59 Å². The first-order chi connectivity index (χ1) is 10.9. The number of hydrogen-bond acceptors (Lipinski definition) is 3. The summed E-state index contributed by atoms with van der Waals surface area (Å²) in [6.07, 6.45) is 7.27. The van der Waals surface area contributed by atoms with Crippen molar-refractivity contribution in [1.82, 2.24) is 5.32 Å². The summed E-state index contributed by atoms with van der Waals surface area (Å²) in [5.74, 6) is 1.44. The molecular formula is C19H35NO3. The fourth-order valence-electron chi connectivity index (χ4n) is 2.47. The molecule has 0 aliphatic heterocycles. The molecule has 0 saturated heterocycles. The molecular weight excluding hydrogens is 290 g/mol. The van der Waals surface area contributed by atoms with Crippen LogP contribution in [0.25, 0.3) is 0 Å². The van der Waals surface area contributed by atoms with Gasteiger partial charge in [0.2, 0.25) is 5.91 Å². The Kier molecular flexibility index (Phi) is 12.4. The molecule has 0 aliphatic rings. The van der Waals surface area contributed by atoms with Gasteiger partial charge in [-0.2, -0.15) is 0 Å². The smallest absolute Gasteiger partial charge is 0.224 e. The predicted octanol–water partition coefficient (Wildman–Crippen LogP) is 4.24. The molecule has 0 spiro atoms. The van der Waals surface area contributed by atoms with E-state index in [0.29, 0.717) is 12.2 Å². The third-order valence-electron chi connectivity index (χ3n) is 4.26. The van der Waals surface area contributed by atoms with E-state index in [2.05, 4.69) is 39.6 Å². The lowest BCUT2D eigenvalue weighted by Crippen LogP contribution is -2.33. The Bertz CT molecular complexity index is 355. The number of ether oxygens (including phenoxy) is 1. The topological polar surface area (TPSA) is 55.4 Å². The fourth-order valence-corrected chi connectivity index (χ4v) is 2.47. The first kappa shape index (κ1) is 21.7. The molecule has 0 aromatic rings. The van der Waals surface area contributed by atoms with Crippen molar-refractivity contribution >= 4 is 12.2 Å². The molecule has 23 heavy (non-hydrogen) atoms. The molecule has 3 atom stereocenters. The minimum Gasteiger partial charge on any atom is -0.495 e. The van der Waals surface area contributed by atoms with Gasteiger partial charge in [0, 0.05) is 6.42 Å². The Morgan fingerprint density at radius 2 is 1.91 bits per heavy atom. The largest absolute Gasteiger partial charge is 0.495 e. The van der Waals surface area contributed by atoms with E-state index >= 15 is 0 Å². The second-order valence-corrected chi connectivity index (χ2v) is 6.56. The average molecular weight is 325 g/mol. The lowest BCUT2D eigenvalue weighted by Gasteiger charge is -2.26. The van der Waals surface area contributed by atoms with Crippen LogP contribution in [0.4, 0.5) is 0 Å². The molecule has 0 fully saturated rings. The van der Waals surface area contributed by atoms with E-state index in [1.54, 1.807) is 0 Å². The summed E-state index contributed by atoms with van der Waals surface area (Å²) >= 11 is 0. The minimum absolute atomic E-state index is 0.0591. The van der Waals surface area contributed by atoms with Crippen LogP contribution in [0.1, 0.15) is 72.6 Å². The van der Waals surface area contributed by atoms with Gasteiger partial charge >= 0.3 is 0 Å². The Balaban J connectivity index is 4.60. The van der Waals surface area contributed by atoms with Crippen molar-refractivity contribution in [1.29, 1.82) is 0 Å². The van der Waals surface area contributed by atoms with Crippen molar-refractivity contribution in [2.45, 2.75) is 78.7 Å². The van der Waals surface area contributed by atoms with Crippen molar-refractivity contribution in [2.24, 2.45) is 11.8 Å². The number of aldehydes is 1. The molecule has 1 N–H and O–H groups in total. The quantitative estimate of drug-likeness (QED) is 0.295. The van der Waals surface area contributed by atoms with Crippen molar-refractivity contribution < 1.29 is 14.3 Å². The molecule has 0 radical (unpaired) electrons. The normalized spacial score (nSPS) is 14.6. The molecule has 0 saturated carbocycles. The molecule has 1 amide bonds. The molecule has 0 aromatic heterocycles. The van der Waals surface area contributed by atoms with Crippen molar-refractivity contribution in [2.75, 3.05) is 6.54 Å². The van der Waals surface area contributed by atoms with E-state index in [4.69, 9.17) is 4.74 Å². The highest BCUT2D eigenvalue weighted by atomic mass is 16.5. The van der Waals surface area contributed by atoms with E-state index in [-0.39, 0.29) is 30.9 Å². The molecule has 0 aromatic carbocycles. The van der Waals surface area contributed by atoms with Crippen LogP contribution < -0.4 is 5.32 Å². The average Bonchev–Trinajstić information content (AvgIpc) is 2.52. The summed E-state index contributed by atoms with van der Waals surface area (Å²) in [6, 6.07) is 0. The molecule has 134 valence electrons. The number of amides is 1. The van der Waals surface area contributed by atoms with E-state index in [1.165, 1.54) is 12.8 Å². The van der Waals surface area contributed by atoms with Gasteiger partial charge in [-0.25, -0.2) is 0 Å². The first-order valence-corrected chi connectivity index (χ1v) is 8.99. The fraction of sp³-hybridized carbons (Fsp3) is 0.789. The Morgan fingerprint density at radius 1 is 1.22 bits per heavy atom. The molecule has 3 unspecified atom stereocenters. The standard InChI is InChI=1S/C19H35NO3/c1-6-8-9-10-16(4)18(14-19(22)20-11-12-21)23-17(5)13-15(3)7-2/h12,15-16,18H,5-11,13-14H2,1-4H3,(H,20,22). The number of allylic oxidation sites excluding steroid dienone is 1. The zero-order valence-electron chi connectivity index (χ0n) is 15.4. The van der Waals surface area contributed by atoms with Crippen LogP contribution in [0.2, 0.25) is 0 Å².